The number of nitriles is 1. The summed E-state index contributed by atoms with van der Waals surface area (Å²) >= 11 is 8.82. The summed E-state index contributed by atoms with van der Waals surface area (Å²) in [5.74, 6) is 0.412. The molecule has 0 aliphatic carbocycles. The second kappa shape index (κ2) is 10.4. The maximum absolute atomic E-state index is 13.1. The first-order valence-electron chi connectivity index (χ1n) is 9.11. The first kappa shape index (κ1) is 22.0. The van der Waals surface area contributed by atoms with E-state index >= 15 is 0 Å². The highest BCUT2D eigenvalue weighted by Crippen LogP contribution is 2.14. The van der Waals surface area contributed by atoms with E-state index in [0.29, 0.717) is 32.0 Å². The number of hydrogen-bond acceptors (Lipinski definition) is 6. The molecule has 3 aromatic rings. The Labute approximate surface area is 187 Å². The zero-order valence-electron chi connectivity index (χ0n) is 16.2. The van der Waals surface area contributed by atoms with E-state index in [9.17, 15) is 14.9 Å². The van der Waals surface area contributed by atoms with Gasteiger partial charge in [0.1, 0.15) is 16.3 Å². The quantitative estimate of drug-likeness (QED) is 0.404. The fourth-order valence-electron chi connectivity index (χ4n) is 2.84. The topological polar surface area (TPSA) is 75.8 Å². The molecule has 3 rings (SSSR count). The van der Waals surface area contributed by atoms with Crippen LogP contribution in [0.2, 0.25) is 5.02 Å². The minimum absolute atomic E-state index is 0.0656. The summed E-state index contributed by atoms with van der Waals surface area (Å²) in [6, 6.07) is 13.9. The summed E-state index contributed by atoms with van der Waals surface area (Å²) in [6.45, 7) is 0.426. The van der Waals surface area contributed by atoms with Gasteiger partial charge in [-0.05, 0) is 48.8 Å². The fourth-order valence-corrected chi connectivity index (χ4v) is 4.56. The van der Waals surface area contributed by atoms with Gasteiger partial charge in [0.2, 0.25) is 5.78 Å². The maximum atomic E-state index is 13.1. The van der Waals surface area contributed by atoms with E-state index in [2.05, 4.69) is 4.98 Å². The highest BCUT2D eigenvalue weighted by atomic mass is 35.5. The number of halogens is 1. The number of Topliss-reactive ketones (excluding diaryl/α,β-unsaturated/α-hetero) is 1. The van der Waals surface area contributed by atoms with Gasteiger partial charge in [-0.2, -0.15) is 17.0 Å². The van der Waals surface area contributed by atoms with E-state index in [4.69, 9.17) is 11.6 Å². The Kier molecular flexibility index (Phi) is 7.63. The molecule has 0 N–H and O–H groups in total. The predicted molar refractivity (Wildman–Crippen MR) is 123 cm³/mol. The Balaban J connectivity index is 2.23. The minimum Gasteiger partial charge on any atom is -0.298 e. The Hall–Kier alpha value is -2.66. The number of carbonyl (C=O) groups excluding carboxylic acids is 1. The van der Waals surface area contributed by atoms with Crippen LogP contribution in [0, 0.1) is 11.3 Å². The Morgan fingerprint density at radius 3 is 2.83 bits per heavy atom. The Morgan fingerprint density at radius 1 is 1.33 bits per heavy atom. The standard InChI is InChI=1S/C22H18ClN3O2S2/c1-29-11-5-10-26-21(28)19(13-17-8-2-3-9-25-17)30-22(26)18(14-24)20(27)15-6-4-7-16(23)12-15/h2-4,6-9,12-13H,5,10-11H2,1H3. The van der Waals surface area contributed by atoms with Crippen molar-refractivity contribution in [3.8, 4) is 6.07 Å². The molecule has 0 radical (unpaired) electrons. The SMILES string of the molecule is CSCCCn1c(=C(C#N)C(=O)c2cccc(Cl)c2)sc(=Cc2ccccn2)c1=O. The summed E-state index contributed by atoms with van der Waals surface area (Å²) < 4.78 is 2.31. The van der Waals surface area contributed by atoms with Crippen LogP contribution in [0.5, 0.6) is 0 Å². The average Bonchev–Trinajstić information content (AvgIpc) is 3.05. The largest absolute Gasteiger partial charge is 0.298 e. The van der Waals surface area contributed by atoms with E-state index < -0.39 is 5.78 Å². The number of pyridine rings is 1. The van der Waals surface area contributed by atoms with Crippen LogP contribution in [0.3, 0.4) is 0 Å². The van der Waals surface area contributed by atoms with Gasteiger partial charge in [0.25, 0.3) is 5.56 Å². The van der Waals surface area contributed by atoms with E-state index in [1.165, 1.54) is 10.6 Å². The molecule has 0 atom stereocenters. The molecule has 2 heterocycles. The normalized spacial score (nSPS) is 12.5. The number of thioether (sulfide) groups is 1. The number of aromatic nitrogens is 2. The van der Waals surface area contributed by atoms with Gasteiger partial charge in [-0.25, -0.2) is 0 Å². The molecule has 8 heteroatoms. The number of thiazole rings is 1. The molecule has 2 aromatic heterocycles. The van der Waals surface area contributed by atoms with Crippen molar-refractivity contribution in [2.75, 3.05) is 12.0 Å². The monoisotopic (exact) mass is 455 g/mol. The fraction of sp³-hybridized carbons (Fsp3) is 0.182. The van der Waals surface area contributed by atoms with Crippen LogP contribution in [0.1, 0.15) is 22.5 Å². The lowest BCUT2D eigenvalue weighted by atomic mass is 10.1. The molecule has 0 amide bonds. The van der Waals surface area contributed by atoms with E-state index in [1.807, 2.05) is 18.4 Å². The number of ketones is 1. The molecule has 0 aliphatic heterocycles. The lowest BCUT2D eigenvalue weighted by Crippen LogP contribution is -2.33. The molecule has 30 heavy (non-hydrogen) atoms. The molecular formula is C22H18ClN3O2S2. The van der Waals surface area contributed by atoms with Crippen LogP contribution in [0.4, 0.5) is 0 Å². The van der Waals surface area contributed by atoms with Gasteiger partial charge in [0.15, 0.2) is 0 Å². The maximum Gasteiger partial charge on any atom is 0.269 e. The van der Waals surface area contributed by atoms with Gasteiger partial charge in [-0.1, -0.05) is 29.8 Å². The smallest absolute Gasteiger partial charge is 0.269 e. The molecule has 0 saturated carbocycles. The van der Waals surface area contributed by atoms with Crippen LogP contribution in [-0.2, 0) is 6.54 Å². The van der Waals surface area contributed by atoms with Crippen molar-refractivity contribution in [1.29, 1.82) is 5.26 Å². The third kappa shape index (κ3) is 5.08. The number of benzene rings is 1. The van der Waals surface area contributed by atoms with Crippen molar-refractivity contribution < 1.29 is 4.79 Å². The summed E-state index contributed by atoms with van der Waals surface area (Å²) in [4.78, 5) is 30.3. The predicted octanol–water partition coefficient (Wildman–Crippen LogP) is 3.10. The van der Waals surface area contributed by atoms with Gasteiger partial charge in [0.05, 0.1) is 10.2 Å². The van der Waals surface area contributed by atoms with Crippen molar-refractivity contribution in [2.24, 2.45) is 0 Å². The molecule has 0 bridgehead atoms. The number of nitrogens with zero attached hydrogens (tertiary/aromatic N) is 3. The molecule has 1 aromatic carbocycles. The summed E-state index contributed by atoms with van der Waals surface area (Å²) in [5, 5.41) is 10.2. The van der Waals surface area contributed by atoms with Gasteiger partial charge in [0, 0.05) is 23.3 Å². The zero-order chi connectivity index (χ0) is 21.5. The van der Waals surface area contributed by atoms with E-state index in [0.717, 1.165) is 23.5 Å². The number of hydrogen-bond donors (Lipinski definition) is 0. The molecular weight excluding hydrogens is 438 g/mol. The zero-order valence-corrected chi connectivity index (χ0v) is 18.6. The first-order valence-corrected chi connectivity index (χ1v) is 11.7. The van der Waals surface area contributed by atoms with Crippen LogP contribution in [0.25, 0.3) is 11.6 Å². The number of carbonyl (C=O) groups is 1. The Morgan fingerprint density at radius 2 is 2.17 bits per heavy atom. The number of rotatable bonds is 7. The summed E-state index contributed by atoms with van der Waals surface area (Å²) in [7, 11) is 0. The third-order valence-electron chi connectivity index (χ3n) is 4.24. The highest BCUT2D eigenvalue weighted by molar-refractivity contribution is 7.98. The minimum atomic E-state index is -0.454. The molecule has 0 unspecified atom stereocenters. The molecule has 0 fully saturated rings. The third-order valence-corrected chi connectivity index (χ3v) is 6.31. The first-order chi connectivity index (χ1) is 14.5. The lowest BCUT2D eigenvalue weighted by Gasteiger charge is -2.03. The Bertz CT molecular complexity index is 1270. The van der Waals surface area contributed by atoms with Crippen molar-refractivity contribution in [2.45, 2.75) is 13.0 Å². The van der Waals surface area contributed by atoms with E-state index in [-0.39, 0.29) is 11.1 Å². The van der Waals surface area contributed by atoms with E-state index in [1.54, 1.807) is 54.4 Å². The second-order valence-corrected chi connectivity index (χ2v) is 8.75. The molecule has 0 saturated heterocycles. The molecule has 152 valence electrons. The van der Waals surface area contributed by atoms with Gasteiger partial charge < -0.3 is 0 Å². The molecule has 0 spiro atoms. The lowest BCUT2D eigenvalue weighted by molar-refractivity contribution is 0.105. The van der Waals surface area contributed by atoms with Crippen molar-refractivity contribution in [3.63, 3.8) is 0 Å². The van der Waals surface area contributed by atoms with Crippen molar-refractivity contribution in [1.82, 2.24) is 9.55 Å². The van der Waals surface area contributed by atoms with Crippen LogP contribution >= 0.6 is 34.7 Å². The molecule has 0 aliphatic rings. The van der Waals surface area contributed by atoms with Crippen LogP contribution in [-0.4, -0.2) is 27.3 Å². The van der Waals surface area contributed by atoms with Crippen molar-refractivity contribution in [3.05, 3.63) is 84.5 Å². The average molecular weight is 456 g/mol. The second-order valence-electron chi connectivity index (χ2n) is 6.30. The van der Waals surface area contributed by atoms with Gasteiger partial charge in [-0.3, -0.25) is 19.1 Å². The summed E-state index contributed by atoms with van der Waals surface area (Å²) in [6.07, 6.45) is 6.07. The highest BCUT2D eigenvalue weighted by Gasteiger charge is 2.18. The van der Waals surface area contributed by atoms with Crippen molar-refractivity contribution >= 4 is 52.1 Å². The van der Waals surface area contributed by atoms with Crippen LogP contribution in [0.15, 0.2) is 53.5 Å². The van der Waals surface area contributed by atoms with Gasteiger partial charge in [-0.15, -0.1) is 11.3 Å². The van der Waals surface area contributed by atoms with Crippen LogP contribution < -0.4 is 14.8 Å². The molecule has 5 nitrogen and oxygen atoms in total. The van der Waals surface area contributed by atoms with Gasteiger partial charge >= 0.3 is 0 Å². The summed E-state index contributed by atoms with van der Waals surface area (Å²) in [5.41, 5.74) is 0.654.